The molecule has 0 spiro atoms. The molecule has 1 N–H and O–H groups in total. The molecule has 4 nitrogen and oxygen atoms in total. The first-order valence-corrected chi connectivity index (χ1v) is 8.82. The molecule has 1 aromatic heterocycles. The lowest BCUT2D eigenvalue weighted by molar-refractivity contribution is -0.136. The van der Waals surface area contributed by atoms with Crippen molar-refractivity contribution in [3.8, 4) is 0 Å². The van der Waals surface area contributed by atoms with E-state index >= 15 is 0 Å². The van der Waals surface area contributed by atoms with Gasteiger partial charge in [-0.3, -0.25) is 4.98 Å². The molecule has 5 rings (SSSR count). The molecule has 2 aromatic carbocycles. The van der Waals surface area contributed by atoms with E-state index in [1.165, 1.54) is 0 Å². The van der Waals surface area contributed by atoms with Crippen LogP contribution in [0.1, 0.15) is 17.0 Å². The van der Waals surface area contributed by atoms with Crippen molar-refractivity contribution < 1.29 is 9.53 Å². The van der Waals surface area contributed by atoms with Gasteiger partial charge in [0.1, 0.15) is 6.61 Å². The number of fused-ring (bicyclic) bond motifs is 3. The fraction of sp³-hybridized carbons (Fsp3) is 0.100. The van der Waals surface area contributed by atoms with E-state index in [1.807, 2.05) is 30.3 Å². The molecule has 2 aliphatic heterocycles. The number of hydrogen-bond acceptors (Lipinski definition) is 4. The number of carbonyl (C=O) groups is 1. The summed E-state index contributed by atoms with van der Waals surface area (Å²) < 4.78 is 6.33. The minimum Gasteiger partial charge on any atom is -0.456 e. The van der Waals surface area contributed by atoms with E-state index in [0.717, 1.165) is 37.9 Å². The van der Waals surface area contributed by atoms with Crippen molar-refractivity contribution >= 4 is 38.5 Å². The van der Waals surface area contributed by atoms with Crippen molar-refractivity contribution in [2.24, 2.45) is 0 Å². The number of hydrogen-bond donors (Lipinski definition) is 1. The van der Waals surface area contributed by atoms with Crippen LogP contribution in [-0.2, 0) is 9.53 Å². The van der Waals surface area contributed by atoms with Crippen molar-refractivity contribution in [1.82, 2.24) is 4.98 Å². The maximum Gasteiger partial charge on any atom is 0.337 e. The number of pyridine rings is 1. The summed E-state index contributed by atoms with van der Waals surface area (Å²) in [7, 11) is 0. The molecule has 5 heteroatoms. The van der Waals surface area contributed by atoms with Crippen LogP contribution < -0.4 is 5.32 Å². The van der Waals surface area contributed by atoms with Gasteiger partial charge in [0, 0.05) is 27.7 Å². The lowest BCUT2D eigenvalue weighted by Crippen LogP contribution is -2.20. The Morgan fingerprint density at radius 1 is 1.12 bits per heavy atom. The van der Waals surface area contributed by atoms with Crippen molar-refractivity contribution in [3.05, 3.63) is 81.6 Å². The first-order chi connectivity index (χ1) is 12.2. The first-order valence-electron chi connectivity index (χ1n) is 8.02. The van der Waals surface area contributed by atoms with Crippen LogP contribution in [0.25, 0.3) is 10.9 Å². The highest BCUT2D eigenvalue weighted by Crippen LogP contribution is 2.46. The molecule has 0 radical (unpaired) electrons. The smallest absolute Gasteiger partial charge is 0.337 e. The largest absolute Gasteiger partial charge is 0.456 e. The number of rotatable bonds is 1. The van der Waals surface area contributed by atoms with Crippen LogP contribution in [0.15, 0.2) is 70.5 Å². The second-order valence-corrected chi connectivity index (χ2v) is 7.09. The standard InChI is InChI=1S/C20H13BrN2O2/c21-12-5-3-11(4-6-12)17-18-13-2-1-9-22-14(13)7-8-15(18)23-16-10-25-20(24)19(16)17/h1-9,17,23H,10H2. The van der Waals surface area contributed by atoms with E-state index in [2.05, 4.69) is 44.4 Å². The third kappa shape index (κ3) is 2.19. The van der Waals surface area contributed by atoms with Gasteiger partial charge < -0.3 is 10.1 Å². The summed E-state index contributed by atoms with van der Waals surface area (Å²) in [6.07, 6.45) is 1.79. The number of nitrogens with zero attached hydrogens (tertiary/aromatic N) is 1. The van der Waals surface area contributed by atoms with Crippen LogP contribution in [0.3, 0.4) is 0 Å². The fourth-order valence-electron chi connectivity index (χ4n) is 3.70. The number of anilines is 1. The van der Waals surface area contributed by atoms with Gasteiger partial charge in [-0.1, -0.05) is 34.1 Å². The Kier molecular flexibility index (Phi) is 3.18. The van der Waals surface area contributed by atoms with E-state index in [0.29, 0.717) is 12.2 Å². The maximum atomic E-state index is 12.5. The van der Waals surface area contributed by atoms with Gasteiger partial charge in [0.25, 0.3) is 0 Å². The van der Waals surface area contributed by atoms with Crippen molar-refractivity contribution in [3.63, 3.8) is 0 Å². The second-order valence-electron chi connectivity index (χ2n) is 6.17. The number of nitrogens with one attached hydrogen (secondary N) is 1. The minimum atomic E-state index is -0.248. The molecule has 0 saturated heterocycles. The van der Waals surface area contributed by atoms with Crippen LogP contribution in [0.2, 0.25) is 0 Å². The number of esters is 1. The van der Waals surface area contributed by atoms with E-state index in [4.69, 9.17) is 4.74 Å². The molecule has 3 heterocycles. The minimum absolute atomic E-state index is 0.165. The molecular formula is C20H13BrN2O2. The Hall–Kier alpha value is -2.66. The maximum absolute atomic E-state index is 12.5. The van der Waals surface area contributed by atoms with E-state index in [-0.39, 0.29) is 11.9 Å². The Morgan fingerprint density at radius 3 is 2.80 bits per heavy atom. The van der Waals surface area contributed by atoms with Crippen LogP contribution >= 0.6 is 15.9 Å². The highest BCUT2D eigenvalue weighted by atomic mass is 79.9. The van der Waals surface area contributed by atoms with Gasteiger partial charge in [0.05, 0.1) is 16.8 Å². The molecule has 25 heavy (non-hydrogen) atoms. The first kappa shape index (κ1) is 14.7. The number of cyclic esters (lactones) is 1. The molecule has 0 amide bonds. The molecule has 2 aliphatic rings. The number of halogens is 1. The molecule has 0 bridgehead atoms. The van der Waals surface area contributed by atoms with E-state index in [9.17, 15) is 4.79 Å². The van der Waals surface area contributed by atoms with Gasteiger partial charge in [0.2, 0.25) is 0 Å². The van der Waals surface area contributed by atoms with Crippen LogP contribution in [0.5, 0.6) is 0 Å². The number of benzene rings is 2. The van der Waals surface area contributed by atoms with Crippen molar-refractivity contribution in [2.45, 2.75) is 5.92 Å². The summed E-state index contributed by atoms with van der Waals surface area (Å²) in [6, 6.07) is 16.1. The monoisotopic (exact) mass is 392 g/mol. The predicted molar refractivity (Wildman–Crippen MR) is 99.3 cm³/mol. The summed E-state index contributed by atoms with van der Waals surface area (Å²) in [4.78, 5) is 16.9. The lowest BCUT2D eigenvalue weighted by atomic mass is 9.79. The third-order valence-corrected chi connectivity index (χ3v) is 5.31. The average Bonchev–Trinajstić information content (AvgIpc) is 3.01. The average molecular weight is 393 g/mol. The van der Waals surface area contributed by atoms with Crippen LogP contribution in [0, 0.1) is 0 Å². The fourth-order valence-corrected chi connectivity index (χ4v) is 3.97. The zero-order valence-corrected chi connectivity index (χ0v) is 14.7. The Morgan fingerprint density at radius 2 is 1.96 bits per heavy atom. The predicted octanol–water partition coefficient (Wildman–Crippen LogP) is 4.37. The topological polar surface area (TPSA) is 51.2 Å². The Bertz CT molecular complexity index is 1060. The normalized spacial score (nSPS) is 18.6. The third-order valence-electron chi connectivity index (χ3n) is 4.79. The van der Waals surface area contributed by atoms with Crippen molar-refractivity contribution in [1.29, 1.82) is 0 Å². The molecule has 0 aliphatic carbocycles. The van der Waals surface area contributed by atoms with Gasteiger partial charge in [0.15, 0.2) is 0 Å². The number of carbonyl (C=O) groups excluding carboxylic acids is 1. The molecular weight excluding hydrogens is 380 g/mol. The summed E-state index contributed by atoms with van der Waals surface area (Å²) >= 11 is 3.48. The molecule has 3 aromatic rings. The summed E-state index contributed by atoms with van der Waals surface area (Å²) in [5, 5.41) is 4.44. The Labute approximate surface area is 152 Å². The number of aromatic nitrogens is 1. The molecule has 0 saturated carbocycles. The van der Waals surface area contributed by atoms with E-state index in [1.54, 1.807) is 6.20 Å². The second kappa shape index (κ2) is 5.43. The van der Waals surface area contributed by atoms with Crippen LogP contribution in [-0.4, -0.2) is 17.6 Å². The number of ether oxygens (including phenoxy) is 1. The zero-order valence-electron chi connectivity index (χ0n) is 13.1. The Balaban J connectivity index is 1.83. The van der Waals surface area contributed by atoms with Gasteiger partial charge in [-0.2, -0.15) is 0 Å². The molecule has 0 fully saturated rings. The molecule has 1 atom stereocenters. The summed E-state index contributed by atoms with van der Waals surface area (Å²) in [6.45, 7) is 0.297. The highest BCUT2D eigenvalue weighted by Gasteiger charge is 2.39. The SMILES string of the molecule is O=C1OCC2=C1C(c1ccc(Br)cc1)c1c(ccc3ncccc13)N2. The summed E-state index contributed by atoms with van der Waals surface area (Å²) in [5.74, 6) is -0.413. The van der Waals surface area contributed by atoms with Gasteiger partial charge >= 0.3 is 5.97 Å². The lowest BCUT2D eigenvalue weighted by Gasteiger charge is -2.28. The van der Waals surface area contributed by atoms with Crippen molar-refractivity contribution in [2.75, 3.05) is 11.9 Å². The van der Waals surface area contributed by atoms with E-state index < -0.39 is 0 Å². The summed E-state index contributed by atoms with van der Waals surface area (Å²) in [5.41, 5.74) is 5.62. The van der Waals surface area contributed by atoms with Gasteiger partial charge in [-0.25, -0.2) is 4.79 Å². The van der Waals surface area contributed by atoms with Gasteiger partial charge in [-0.15, -0.1) is 0 Å². The highest BCUT2D eigenvalue weighted by molar-refractivity contribution is 9.10. The quantitative estimate of drug-likeness (QED) is 0.624. The van der Waals surface area contributed by atoms with Crippen LogP contribution in [0.4, 0.5) is 5.69 Å². The molecule has 122 valence electrons. The van der Waals surface area contributed by atoms with Gasteiger partial charge in [-0.05, 0) is 41.5 Å². The zero-order chi connectivity index (χ0) is 17.0. The molecule has 1 unspecified atom stereocenters.